The van der Waals surface area contributed by atoms with Gasteiger partial charge in [0.25, 0.3) is 5.91 Å². The quantitative estimate of drug-likeness (QED) is 0.395. The molecule has 1 N–H and O–H groups in total. The van der Waals surface area contributed by atoms with E-state index in [9.17, 15) is 9.90 Å². The van der Waals surface area contributed by atoms with Crippen molar-refractivity contribution in [2.24, 2.45) is 17.8 Å². The molecule has 1 saturated heterocycles. The van der Waals surface area contributed by atoms with Gasteiger partial charge in [-0.1, -0.05) is 42.2 Å². The molecule has 1 amide bonds. The van der Waals surface area contributed by atoms with E-state index in [0.717, 1.165) is 34.6 Å². The number of carbonyl (C=O) groups is 1. The highest BCUT2D eigenvalue weighted by molar-refractivity contribution is 8.26. The topological polar surface area (TPSA) is 49.8 Å². The fourth-order valence-electron chi connectivity index (χ4n) is 7.16. The zero-order valence-electron chi connectivity index (χ0n) is 19.3. The summed E-state index contributed by atoms with van der Waals surface area (Å²) in [4.78, 5) is 15.4. The minimum Gasteiger partial charge on any atom is -0.507 e. The number of aromatic hydroxyl groups is 1. The Kier molecular flexibility index (Phi) is 5.49. The van der Waals surface area contributed by atoms with Gasteiger partial charge in [0, 0.05) is 5.56 Å². The third-order valence-corrected chi connectivity index (χ3v) is 9.72. The third kappa shape index (κ3) is 3.85. The van der Waals surface area contributed by atoms with Gasteiger partial charge in [-0.2, -0.15) is 0 Å². The van der Waals surface area contributed by atoms with Crippen LogP contribution in [0.2, 0.25) is 0 Å². The van der Waals surface area contributed by atoms with Gasteiger partial charge in [0.15, 0.2) is 0 Å². The summed E-state index contributed by atoms with van der Waals surface area (Å²) in [6, 6.07) is 13.7. The Morgan fingerprint density at radius 3 is 2.35 bits per heavy atom. The highest BCUT2D eigenvalue weighted by atomic mass is 32.2. The second-order valence-electron chi connectivity index (χ2n) is 10.6. The van der Waals surface area contributed by atoms with Crippen molar-refractivity contribution in [3.05, 3.63) is 64.1 Å². The predicted octanol–water partition coefficient (Wildman–Crippen LogP) is 6.27. The molecule has 5 aliphatic rings. The molecule has 0 radical (unpaired) electrons. The second-order valence-corrected chi connectivity index (χ2v) is 12.3. The molecule has 0 aromatic heterocycles. The van der Waals surface area contributed by atoms with Gasteiger partial charge >= 0.3 is 0 Å². The highest BCUT2D eigenvalue weighted by Crippen LogP contribution is 2.61. The number of hydrogen-bond donors (Lipinski definition) is 1. The third-order valence-electron chi connectivity index (χ3n) is 8.34. The first-order valence-corrected chi connectivity index (χ1v) is 13.4. The molecule has 0 unspecified atom stereocenters. The first-order valence-electron chi connectivity index (χ1n) is 12.1. The van der Waals surface area contributed by atoms with Gasteiger partial charge in [0.2, 0.25) is 0 Å². The highest BCUT2D eigenvalue weighted by Gasteiger charge is 2.51. The number of amides is 1. The van der Waals surface area contributed by atoms with Crippen LogP contribution in [0.3, 0.4) is 0 Å². The van der Waals surface area contributed by atoms with Gasteiger partial charge < -0.3 is 9.84 Å². The van der Waals surface area contributed by atoms with Gasteiger partial charge in [-0.15, -0.1) is 0 Å². The zero-order chi connectivity index (χ0) is 23.4. The minimum atomic E-state index is -0.106. The Morgan fingerprint density at radius 1 is 1.09 bits per heavy atom. The Morgan fingerprint density at radius 2 is 1.74 bits per heavy atom. The lowest BCUT2D eigenvalue weighted by Crippen LogP contribution is -2.48. The number of nitrogens with zero attached hydrogens (tertiary/aromatic N) is 1. The number of thioether (sulfide) groups is 1. The van der Waals surface area contributed by atoms with Crippen LogP contribution in [-0.4, -0.2) is 27.3 Å². The van der Waals surface area contributed by atoms with Crippen molar-refractivity contribution in [2.45, 2.75) is 50.5 Å². The van der Waals surface area contributed by atoms with Crippen LogP contribution in [0.25, 0.3) is 6.08 Å². The normalized spacial score (nSPS) is 31.0. The average molecular weight is 492 g/mol. The van der Waals surface area contributed by atoms with Gasteiger partial charge in [-0.3, -0.25) is 9.69 Å². The largest absolute Gasteiger partial charge is 0.507 e. The molecule has 4 bridgehead atoms. The Labute approximate surface area is 210 Å². The maximum atomic E-state index is 13.2. The summed E-state index contributed by atoms with van der Waals surface area (Å²) in [7, 11) is 1.63. The molecule has 34 heavy (non-hydrogen) atoms. The predicted molar refractivity (Wildman–Crippen MR) is 140 cm³/mol. The molecule has 2 aromatic carbocycles. The molecule has 4 saturated carbocycles. The van der Waals surface area contributed by atoms with Crippen LogP contribution < -0.4 is 4.74 Å². The number of phenolic OH excluding ortho intramolecular Hbond substituents is 1. The summed E-state index contributed by atoms with van der Waals surface area (Å²) in [6.07, 6.45) is 9.85. The number of carbonyl (C=O) groups excluding carboxylic acids is 1. The van der Waals surface area contributed by atoms with E-state index in [2.05, 4.69) is 12.1 Å². The summed E-state index contributed by atoms with van der Waals surface area (Å²) in [6.45, 7) is 0.422. The van der Waals surface area contributed by atoms with Gasteiger partial charge in [0.05, 0.1) is 18.6 Å². The molecular weight excluding hydrogens is 462 g/mol. The second kappa shape index (κ2) is 8.42. The van der Waals surface area contributed by atoms with Gasteiger partial charge in [0.1, 0.15) is 15.8 Å². The Balaban J connectivity index is 1.26. The van der Waals surface area contributed by atoms with E-state index < -0.39 is 0 Å². The average Bonchev–Trinajstić information content (AvgIpc) is 3.07. The van der Waals surface area contributed by atoms with Crippen molar-refractivity contribution >= 4 is 40.3 Å². The lowest BCUT2D eigenvalue weighted by atomic mass is 9.48. The molecule has 176 valence electrons. The van der Waals surface area contributed by atoms with Crippen molar-refractivity contribution in [3.63, 3.8) is 0 Å². The minimum absolute atomic E-state index is 0.106. The van der Waals surface area contributed by atoms with Crippen LogP contribution in [-0.2, 0) is 16.8 Å². The van der Waals surface area contributed by atoms with Crippen LogP contribution in [0.5, 0.6) is 11.5 Å². The Hall–Kier alpha value is -2.31. The molecule has 5 fully saturated rings. The van der Waals surface area contributed by atoms with Crippen molar-refractivity contribution in [3.8, 4) is 11.5 Å². The van der Waals surface area contributed by atoms with E-state index >= 15 is 0 Å². The number of rotatable bonds is 5. The summed E-state index contributed by atoms with van der Waals surface area (Å²) in [5.74, 6) is 3.47. The molecule has 1 heterocycles. The maximum absolute atomic E-state index is 13.2. The molecule has 0 spiro atoms. The summed E-state index contributed by atoms with van der Waals surface area (Å²) in [5.41, 5.74) is 3.30. The van der Waals surface area contributed by atoms with Gasteiger partial charge in [-0.05, 0) is 103 Å². The van der Waals surface area contributed by atoms with Crippen molar-refractivity contribution in [1.29, 1.82) is 0 Å². The van der Waals surface area contributed by atoms with E-state index in [-0.39, 0.29) is 17.1 Å². The van der Waals surface area contributed by atoms with E-state index in [1.807, 2.05) is 36.4 Å². The summed E-state index contributed by atoms with van der Waals surface area (Å²) < 4.78 is 5.76. The van der Waals surface area contributed by atoms with Crippen molar-refractivity contribution < 1.29 is 14.6 Å². The van der Waals surface area contributed by atoms with Crippen LogP contribution >= 0.6 is 24.0 Å². The number of benzene rings is 2. The standard InChI is InChI=1S/C28H29NO3S2/c1-32-23-5-2-17(3-6-23)16-29-26(31)25(34-27(29)33)12-21-11-22(4-7-24(21)30)28-13-18-8-19(14-28)10-20(9-18)15-28/h2-7,11-12,18-20,30H,8-10,13-16H2,1H3. The molecule has 6 heteroatoms. The summed E-state index contributed by atoms with van der Waals surface area (Å²) in [5, 5.41) is 10.7. The monoisotopic (exact) mass is 491 g/mol. The molecule has 7 rings (SSSR count). The molecule has 2 aromatic rings. The van der Waals surface area contributed by atoms with E-state index in [1.165, 1.54) is 55.9 Å². The van der Waals surface area contributed by atoms with Crippen molar-refractivity contribution in [2.75, 3.05) is 7.11 Å². The number of phenols is 1. The molecule has 4 aliphatic carbocycles. The first-order chi connectivity index (χ1) is 16.4. The van der Waals surface area contributed by atoms with E-state index in [4.69, 9.17) is 17.0 Å². The fourth-order valence-corrected chi connectivity index (χ4v) is 8.40. The summed E-state index contributed by atoms with van der Waals surface area (Å²) >= 11 is 6.85. The maximum Gasteiger partial charge on any atom is 0.266 e. The molecule has 1 aliphatic heterocycles. The zero-order valence-corrected chi connectivity index (χ0v) is 21.0. The Bertz CT molecular complexity index is 1150. The number of thiocarbonyl (C=S) groups is 1. The fraction of sp³-hybridized carbons (Fsp3) is 0.429. The van der Waals surface area contributed by atoms with Gasteiger partial charge in [-0.25, -0.2) is 0 Å². The number of hydrogen-bond acceptors (Lipinski definition) is 5. The lowest BCUT2D eigenvalue weighted by molar-refractivity contribution is -0.122. The van der Waals surface area contributed by atoms with Crippen LogP contribution in [0.15, 0.2) is 47.4 Å². The van der Waals surface area contributed by atoms with E-state index in [0.29, 0.717) is 15.8 Å². The van der Waals surface area contributed by atoms with Crippen LogP contribution in [0.1, 0.15) is 55.2 Å². The van der Waals surface area contributed by atoms with Crippen LogP contribution in [0, 0.1) is 17.8 Å². The van der Waals surface area contributed by atoms with Crippen molar-refractivity contribution in [1.82, 2.24) is 4.90 Å². The SMILES string of the molecule is COc1ccc(CN2C(=O)C(=Cc3cc(C45CC6CC(CC(C6)C4)C5)ccc3O)SC2=S)cc1. The smallest absolute Gasteiger partial charge is 0.266 e. The molecular formula is C28H29NO3S2. The van der Waals surface area contributed by atoms with Crippen LogP contribution in [0.4, 0.5) is 0 Å². The lowest BCUT2D eigenvalue weighted by Gasteiger charge is -2.57. The molecule has 4 nitrogen and oxygen atoms in total. The number of methoxy groups -OCH3 is 1. The first kappa shape index (κ1) is 22.2. The van der Waals surface area contributed by atoms with E-state index in [1.54, 1.807) is 12.0 Å². The number of ether oxygens (including phenoxy) is 1. The molecule has 0 atom stereocenters.